The van der Waals surface area contributed by atoms with E-state index in [-0.39, 0.29) is 0 Å². The van der Waals surface area contributed by atoms with Gasteiger partial charge < -0.3 is 0 Å². The van der Waals surface area contributed by atoms with Gasteiger partial charge in [-0.2, -0.15) is 70.2 Å². The van der Waals surface area contributed by atoms with Gasteiger partial charge in [-0.3, -0.25) is 4.74 Å². The molecule has 0 aromatic carbocycles. The predicted octanol–water partition coefficient (Wildman–Crippen LogP) is 5.67. The van der Waals surface area contributed by atoms with E-state index in [9.17, 15) is 70.2 Å². The summed E-state index contributed by atoms with van der Waals surface area (Å²) in [5, 5.41) is 0. The van der Waals surface area contributed by atoms with E-state index in [1.165, 1.54) is 4.74 Å². The third-order valence-corrected chi connectivity index (χ3v) is 2.25. The highest BCUT2D eigenvalue weighted by Gasteiger charge is 2.76. The van der Waals surface area contributed by atoms with Crippen LogP contribution in [0.2, 0.25) is 0 Å². The number of hydrogen-bond donors (Lipinski definition) is 0. The maximum Gasteiger partial charge on any atom is 0.409 e. The van der Waals surface area contributed by atoms with E-state index in [1.807, 2.05) is 0 Å². The number of alkyl halides is 16. The molecule has 0 fully saturated rings. The first-order chi connectivity index (χ1) is 10.4. The van der Waals surface area contributed by atoms with Crippen LogP contribution in [0.5, 0.6) is 0 Å². The van der Waals surface area contributed by atoms with Crippen molar-refractivity contribution in [3.63, 3.8) is 0 Å². The van der Waals surface area contributed by atoms with Crippen molar-refractivity contribution in [1.82, 2.24) is 0 Å². The van der Waals surface area contributed by atoms with E-state index >= 15 is 0 Å². The lowest BCUT2D eigenvalue weighted by Crippen LogP contribution is -2.57. The second-order valence-electron chi connectivity index (χ2n) is 4.26. The van der Waals surface area contributed by atoms with Crippen LogP contribution in [-0.4, -0.2) is 36.9 Å². The fourth-order valence-electron chi connectivity index (χ4n) is 1.43. The first-order valence-corrected chi connectivity index (χ1v) is 5.16. The Morgan fingerprint density at radius 3 is 0.640 bits per heavy atom. The zero-order valence-corrected chi connectivity index (χ0v) is 10.6. The van der Waals surface area contributed by atoms with Crippen molar-refractivity contribution in [3.05, 3.63) is 0 Å². The molecule has 0 radical (unpaired) electrons. The third kappa shape index (κ3) is 5.95. The second kappa shape index (κ2) is 6.22. The quantitative estimate of drug-likeness (QED) is 0.535. The standard InChI is InChI=1S/C8H2F16O/c9-3(10,11)1(4(12,13)14)7(21,22)25-8(23,24)2(5(15,16)17)6(18,19)20/h1-2H. The highest BCUT2D eigenvalue weighted by Crippen LogP contribution is 2.54. The van der Waals surface area contributed by atoms with Crippen molar-refractivity contribution in [2.75, 3.05) is 0 Å². The minimum Gasteiger partial charge on any atom is -0.254 e. The Morgan fingerprint density at radius 2 is 0.520 bits per heavy atom. The minimum atomic E-state index is -7.21. The average molecular weight is 418 g/mol. The van der Waals surface area contributed by atoms with E-state index in [0.717, 1.165) is 0 Å². The summed E-state index contributed by atoms with van der Waals surface area (Å²) in [4.78, 5) is 0. The van der Waals surface area contributed by atoms with Crippen molar-refractivity contribution >= 4 is 0 Å². The molecule has 0 heterocycles. The largest absolute Gasteiger partial charge is 0.409 e. The number of rotatable bonds is 4. The Morgan fingerprint density at radius 1 is 0.360 bits per heavy atom. The minimum absolute atomic E-state index is 1.51. The molecule has 0 atom stereocenters. The molecule has 0 bridgehead atoms. The summed E-state index contributed by atoms with van der Waals surface area (Å²) in [6.45, 7) is 0. The van der Waals surface area contributed by atoms with Crippen molar-refractivity contribution < 1.29 is 75.0 Å². The van der Waals surface area contributed by atoms with Crippen molar-refractivity contribution in [2.45, 2.75) is 36.9 Å². The Kier molecular flexibility index (Phi) is 5.93. The molecule has 0 amide bonds. The molecule has 0 unspecified atom stereocenters. The van der Waals surface area contributed by atoms with Gasteiger partial charge in [0.25, 0.3) is 0 Å². The molecule has 1 nitrogen and oxygen atoms in total. The van der Waals surface area contributed by atoms with Gasteiger partial charge >= 0.3 is 36.9 Å². The SMILES string of the molecule is FC(F)(F)C(C(F)(F)F)C(F)(F)OC(F)(F)C(C(F)(F)F)C(F)(F)F. The lowest BCUT2D eigenvalue weighted by molar-refractivity contribution is -0.485. The van der Waals surface area contributed by atoms with Crippen molar-refractivity contribution in [1.29, 1.82) is 0 Å². The Hall–Kier alpha value is -1.16. The van der Waals surface area contributed by atoms with Gasteiger partial charge in [-0.25, -0.2) is 0 Å². The van der Waals surface area contributed by atoms with Crippen LogP contribution in [0.15, 0.2) is 0 Å². The summed E-state index contributed by atoms with van der Waals surface area (Å²) < 4.78 is 197. The van der Waals surface area contributed by atoms with E-state index < -0.39 is 48.8 Å². The normalized spacial score (nSPS) is 16.1. The zero-order valence-electron chi connectivity index (χ0n) is 10.6. The Bertz CT molecular complexity index is 379. The summed E-state index contributed by atoms with van der Waals surface area (Å²) in [7, 11) is 0. The van der Waals surface area contributed by atoms with E-state index in [1.54, 1.807) is 0 Å². The molecule has 0 spiro atoms. The van der Waals surface area contributed by atoms with Gasteiger partial charge in [-0.15, -0.1) is 0 Å². The molecule has 0 aromatic rings. The van der Waals surface area contributed by atoms with Gasteiger partial charge in [-0.05, 0) is 0 Å². The van der Waals surface area contributed by atoms with Crippen LogP contribution in [-0.2, 0) is 4.74 Å². The Balaban J connectivity index is 6.06. The first kappa shape index (κ1) is 23.8. The van der Waals surface area contributed by atoms with Crippen LogP contribution in [0.4, 0.5) is 70.2 Å². The maximum atomic E-state index is 12.8. The monoisotopic (exact) mass is 418 g/mol. The molecule has 25 heavy (non-hydrogen) atoms. The lowest BCUT2D eigenvalue weighted by atomic mass is 10.1. The van der Waals surface area contributed by atoms with Gasteiger partial charge in [0.2, 0.25) is 11.8 Å². The van der Waals surface area contributed by atoms with Crippen LogP contribution in [0.25, 0.3) is 0 Å². The van der Waals surface area contributed by atoms with Gasteiger partial charge in [0, 0.05) is 0 Å². The van der Waals surface area contributed by atoms with E-state index in [0.29, 0.717) is 0 Å². The van der Waals surface area contributed by atoms with Crippen LogP contribution < -0.4 is 0 Å². The summed E-state index contributed by atoms with van der Waals surface area (Å²) in [5.41, 5.74) is 0. The number of halogens is 16. The fourth-order valence-corrected chi connectivity index (χ4v) is 1.43. The lowest BCUT2D eigenvalue weighted by Gasteiger charge is -2.35. The molecule has 152 valence electrons. The highest BCUT2D eigenvalue weighted by molar-refractivity contribution is 4.88. The van der Waals surface area contributed by atoms with Crippen molar-refractivity contribution in [2.24, 2.45) is 11.8 Å². The number of ether oxygens (including phenoxy) is 1. The van der Waals surface area contributed by atoms with Crippen molar-refractivity contribution in [3.8, 4) is 0 Å². The molecule has 0 aliphatic carbocycles. The van der Waals surface area contributed by atoms with E-state index in [2.05, 4.69) is 0 Å². The molecule has 0 aliphatic heterocycles. The maximum absolute atomic E-state index is 12.8. The van der Waals surface area contributed by atoms with Gasteiger partial charge in [0.05, 0.1) is 0 Å². The highest BCUT2D eigenvalue weighted by atomic mass is 19.4. The average Bonchev–Trinajstić information content (AvgIpc) is 1.98. The zero-order chi connectivity index (χ0) is 20.9. The first-order valence-electron chi connectivity index (χ1n) is 5.16. The van der Waals surface area contributed by atoms with Crippen LogP contribution in [0.1, 0.15) is 0 Å². The van der Waals surface area contributed by atoms with Gasteiger partial charge in [0.1, 0.15) is 0 Å². The fraction of sp³-hybridized carbons (Fsp3) is 1.00. The number of hydrogen-bond acceptors (Lipinski definition) is 1. The van der Waals surface area contributed by atoms with Crippen LogP contribution in [0.3, 0.4) is 0 Å². The van der Waals surface area contributed by atoms with Gasteiger partial charge in [0.15, 0.2) is 0 Å². The second-order valence-corrected chi connectivity index (χ2v) is 4.26. The van der Waals surface area contributed by atoms with Crippen LogP contribution >= 0.6 is 0 Å². The summed E-state index contributed by atoms with van der Waals surface area (Å²) in [5.74, 6) is -12.2. The summed E-state index contributed by atoms with van der Waals surface area (Å²) in [6.07, 6.45) is -42.8. The molecular formula is C8H2F16O. The summed E-state index contributed by atoms with van der Waals surface area (Å²) in [6, 6.07) is 0. The topological polar surface area (TPSA) is 9.23 Å². The molecular weight excluding hydrogens is 416 g/mol. The third-order valence-electron chi connectivity index (χ3n) is 2.25. The van der Waals surface area contributed by atoms with Crippen LogP contribution in [0, 0.1) is 11.8 Å². The molecule has 17 heteroatoms. The summed E-state index contributed by atoms with van der Waals surface area (Å²) >= 11 is 0. The van der Waals surface area contributed by atoms with Gasteiger partial charge in [-0.1, -0.05) is 0 Å². The molecule has 0 N–H and O–H groups in total. The molecule has 0 aliphatic rings. The molecule has 0 saturated carbocycles. The molecule has 0 rings (SSSR count). The Labute approximate surface area is 125 Å². The predicted molar refractivity (Wildman–Crippen MR) is 42.2 cm³/mol. The smallest absolute Gasteiger partial charge is 0.254 e. The molecule has 0 aromatic heterocycles. The van der Waals surface area contributed by atoms with E-state index in [4.69, 9.17) is 0 Å². The molecule has 0 saturated heterocycles.